The Balaban J connectivity index is 1.79. The molecule has 0 atom stereocenters. The third kappa shape index (κ3) is 4.18. The van der Waals surface area contributed by atoms with Gasteiger partial charge in [0.15, 0.2) is 0 Å². The zero-order valence-electron chi connectivity index (χ0n) is 17.8. The molecule has 0 bridgehead atoms. The Morgan fingerprint density at radius 1 is 0.839 bits per heavy atom. The SMILES string of the molecule is CN=c1scc(-c2ccc3cc(OC)ccc3c2)n1N=Cc1cc(OC)ccc1OC. The van der Waals surface area contributed by atoms with E-state index in [1.807, 2.05) is 35.0 Å². The highest BCUT2D eigenvalue weighted by molar-refractivity contribution is 7.07. The van der Waals surface area contributed by atoms with Gasteiger partial charge in [0.2, 0.25) is 4.80 Å². The van der Waals surface area contributed by atoms with Crippen molar-refractivity contribution >= 4 is 28.3 Å². The maximum atomic E-state index is 5.47. The number of hydrogen-bond acceptors (Lipinski definition) is 6. The molecule has 0 aliphatic heterocycles. The normalized spacial score (nSPS) is 11.9. The first kappa shape index (κ1) is 20.7. The molecule has 0 fully saturated rings. The van der Waals surface area contributed by atoms with Gasteiger partial charge in [0, 0.05) is 23.6 Å². The van der Waals surface area contributed by atoms with Crippen LogP contribution in [0.5, 0.6) is 17.2 Å². The molecule has 158 valence electrons. The molecule has 6 nitrogen and oxygen atoms in total. The van der Waals surface area contributed by atoms with Crippen molar-refractivity contribution in [1.82, 2.24) is 4.68 Å². The number of methoxy groups -OCH3 is 3. The Hall–Kier alpha value is -3.58. The number of ether oxygens (including phenoxy) is 3. The molecule has 1 heterocycles. The smallest absolute Gasteiger partial charge is 0.205 e. The molecule has 0 unspecified atom stereocenters. The minimum Gasteiger partial charge on any atom is -0.497 e. The molecular formula is C24H23N3O3S. The van der Waals surface area contributed by atoms with Crippen molar-refractivity contribution in [3.63, 3.8) is 0 Å². The molecule has 0 spiro atoms. The molecular weight excluding hydrogens is 410 g/mol. The summed E-state index contributed by atoms with van der Waals surface area (Å²) in [4.78, 5) is 5.18. The van der Waals surface area contributed by atoms with Gasteiger partial charge in [-0.3, -0.25) is 4.99 Å². The van der Waals surface area contributed by atoms with E-state index in [0.29, 0.717) is 0 Å². The van der Waals surface area contributed by atoms with Gasteiger partial charge in [-0.05, 0) is 47.2 Å². The van der Waals surface area contributed by atoms with Gasteiger partial charge in [0.05, 0.1) is 33.2 Å². The van der Waals surface area contributed by atoms with Gasteiger partial charge in [-0.2, -0.15) is 5.10 Å². The molecule has 0 saturated carbocycles. The van der Waals surface area contributed by atoms with Crippen LogP contribution in [0.15, 0.2) is 70.1 Å². The van der Waals surface area contributed by atoms with Crippen molar-refractivity contribution in [2.45, 2.75) is 0 Å². The number of fused-ring (bicyclic) bond motifs is 1. The minimum absolute atomic E-state index is 0.719. The largest absolute Gasteiger partial charge is 0.497 e. The maximum absolute atomic E-state index is 5.47. The van der Waals surface area contributed by atoms with Gasteiger partial charge in [0.25, 0.3) is 0 Å². The fourth-order valence-corrected chi connectivity index (χ4v) is 4.13. The average molecular weight is 434 g/mol. The molecule has 1 aromatic heterocycles. The van der Waals surface area contributed by atoms with Crippen LogP contribution in [0.25, 0.3) is 22.0 Å². The monoisotopic (exact) mass is 433 g/mol. The van der Waals surface area contributed by atoms with Crippen molar-refractivity contribution in [2.24, 2.45) is 10.1 Å². The quantitative estimate of drug-likeness (QED) is 0.410. The van der Waals surface area contributed by atoms with E-state index in [9.17, 15) is 0 Å². The van der Waals surface area contributed by atoms with Crippen LogP contribution in [0.2, 0.25) is 0 Å². The summed E-state index contributed by atoms with van der Waals surface area (Å²) in [6.45, 7) is 0. The predicted octanol–water partition coefficient (Wildman–Crippen LogP) is 4.81. The predicted molar refractivity (Wildman–Crippen MR) is 126 cm³/mol. The summed E-state index contributed by atoms with van der Waals surface area (Å²) in [5, 5.41) is 9.04. The highest BCUT2D eigenvalue weighted by atomic mass is 32.1. The molecule has 0 aliphatic rings. The van der Waals surface area contributed by atoms with Gasteiger partial charge in [-0.25, -0.2) is 4.68 Å². The second-order valence-corrected chi connectivity index (χ2v) is 7.56. The Morgan fingerprint density at radius 2 is 1.55 bits per heavy atom. The fraction of sp³-hybridized carbons (Fsp3) is 0.167. The summed E-state index contributed by atoms with van der Waals surface area (Å²) in [6.07, 6.45) is 1.76. The van der Waals surface area contributed by atoms with Crippen LogP contribution >= 0.6 is 11.3 Å². The zero-order valence-corrected chi connectivity index (χ0v) is 18.6. The van der Waals surface area contributed by atoms with E-state index in [-0.39, 0.29) is 0 Å². The molecule has 0 saturated heterocycles. The van der Waals surface area contributed by atoms with Crippen LogP contribution in [0, 0.1) is 0 Å². The standard InChI is InChI=1S/C24H23N3O3S/c1-25-24-27(26-14-19-13-21(29-3)9-10-23(19)30-4)22(15-31-24)18-6-5-17-12-20(28-2)8-7-16(17)11-18/h5-15H,1-4H3. The second-order valence-electron chi connectivity index (χ2n) is 6.72. The Morgan fingerprint density at radius 3 is 2.29 bits per heavy atom. The van der Waals surface area contributed by atoms with E-state index < -0.39 is 0 Å². The summed E-state index contributed by atoms with van der Waals surface area (Å²) >= 11 is 1.54. The zero-order chi connectivity index (χ0) is 21.8. The number of hydrogen-bond donors (Lipinski definition) is 0. The lowest BCUT2D eigenvalue weighted by Gasteiger charge is -2.08. The van der Waals surface area contributed by atoms with Crippen molar-refractivity contribution < 1.29 is 14.2 Å². The minimum atomic E-state index is 0.719. The number of aromatic nitrogens is 1. The van der Waals surface area contributed by atoms with Crippen LogP contribution < -0.4 is 19.0 Å². The molecule has 0 radical (unpaired) electrons. The number of thiazole rings is 1. The van der Waals surface area contributed by atoms with Crippen LogP contribution in [0.1, 0.15) is 5.56 Å². The third-order valence-corrected chi connectivity index (χ3v) is 5.88. The lowest BCUT2D eigenvalue weighted by molar-refractivity contribution is 0.402. The summed E-state index contributed by atoms with van der Waals surface area (Å²) in [5.41, 5.74) is 2.83. The Kier molecular flexibility index (Phi) is 6.04. The lowest BCUT2D eigenvalue weighted by atomic mass is 10.1. The molecule has 0 N–H and O–H groups in total. The van der Waals surface area contributed by atoms with E-state index in [1.165, 1.54) is 0 Å². The summed E-state index contributed by atoms with van der Waals surface area (Å²) < 4.78 is 18.0. The Bertz CT molecular complexity index is 1320. The van der Waals surface area contributed by atoms with Gasteiger partial charge >= 0.3 is 0 Å². The Labute approximate surface area is 184 Å². The van der Waals surface area contributed by atoms with E-state index >= 15 is 0 Å². The van der Waals surface area contributed by atoms with Gasteiger partial charge in [-0.1, -0.05) is 18.2 Å². The van der Waals surface area contributed by atoms with Crippen LogP contribution in [-0.2, 0) is 0 Å². The highest BCUT2D eigenvalue weighted by Crippen LogP contribution is 2.28. The van der Waals surface area contributed by atoms with E-state index in [0.717, 1.165) is 49.6 Å². The fourth-order valence-electron chi connectivity index (χ4n) is 3.33. The lowest BCUT2D eigenvalue weighted by Crippen LogP contribution is -2.11. The summed E-state index contributed by atoms with van der Waals surface area (Å²) in [7, 11) is 6.71. The summed E-state index contributed by atoms with van der Waals surface area (Å²) in [6, 6.07) is 18.0. The van der Waals surface area contributed by atoms with E-state index in [4.69, 9.17) is 19.3 Å². The molecule has 31 heavy (non-hydrogen) atoms. The van der Waals surface area contributed by atoms with Gasteiger partial charge in [-0.15, -0.1) is 11.3 Å². The summed E-state index contributed by atoms with van der Waals surface area (Å²) in [5.74, 6) is 2.30. The number of rotatable bonds is 6. The number of nitrogens with zero attached hydrogens (tertiary/aromatic N) is 3. The topological polar surface area (TPSA) is 57.3 Å². The average Bonchev–Trinajstić information content (AvgIpc) is 3.24. The molecule has 7 heteroatoms. The molecule has 0 amide bonds. The molecule has 4 aromatic rings. The van der Waals surface area contributed by atoms with Crippen molar-refractivity contribution in [1.29, 1.82) is 0 Å². The first-order valence-electron chi connectivity index (χ1n) is 9.64. The van der Waals surface area contributed by atoms with Crippen LogP contribution in [0.4, 0.5) is 0 Å². The third-order valence-electron chi connectivity index (χ3n) is 4.97. The van der Waals surface area contributed by atoms with Crippen LogP contribution in [0.3, 0.4) is 0 Å². The first-order chi connectivity index (χ1) is 15.2. The highest BCUT2D eigenvalue weighted by Gasteiger charge is 2.09. The van der Waals surface area contributed by atoms with Gasteiger partial charge < -0.3 is 14.2 Å². The van der Waals surface area contributed by atoms with E-state index in [2.05, 4.69) is 34.6 Å². The van der Waals surface area contributed by atoms with Crippen molar-refractivity contribution in [2.75, 3.05) is 28.4 Å². The van der Waals surface area contributed by atoms with Crippen molar-refractivity contribution in [3.8, 4) is 28.5 Å². The second kappa shape index (κ2) is 9.06. The number of benzene rings is 3. The molecule has 4 rings (SSSR count). The molecule has 0 aliphatic carbocycles. The van der Waals surface area contributed by atoms with Crippen molar-refractivity contribution in [3.05, 3.63) is 70.3 Å². The molecule has 3 aromatic carbocycles. The van der Waals surface area contributed by atoms with E-state index in [1.54, 1.807) is 45.9 Å². The van der Waals surface area contributed by atoms with Gasteiger partial charge in [0.1, 0.15) is 17.2 Å². The first-order valence-corrected chi connectivity index (χ1v) is 10.5. The maximum Gasteiger partial charge on any atom is 0.205 e. The van der Waals surface area contributed by atoms with Crippen LogP contribution in [-0.4, -0.2) is 39.3 Å².